The maximum absolute atomic E-state index is 12.8. The number of thioether (sulfide) groups is 1. The average molecular weight is 351 g/mol. The van der Waals surface area contributed by atoms with Gasteiger partial charge in [0, 0.05) is 6.04 Å². The topological polar surface area (TPSA) is 60.9 Å². The molecular weight excluding hydrogens is 334 g/mol. The van der Waals surface area contributed by atoms with Crippen LogP contribution in [-0.2, 0) is 5.75 Å². The van der Waals surface area contributed by atoms with Gasteiger partial charge in [0.25, 0.3) is 5.56 Å². The van der Waals surface area contributed by atoms with Crippen molar-refractivity contribution in [2.24, 2.45) is 0 Å². The first-order valence-electron chi connectivity index (χ1n) is 8.12. The first-order chi connectivity index (χ1) is 12.1. The van der Waals surface area contributed by atoms with Crippen molar-refractivity contribution in [3.63, 3.8) is 0 Å². The number of hydrogen-bond acceptors (Lipinski definition) is 5. The summed E-state index contributed by atoms with van der Waals surface area (Å²) in [6.45, 7) is 3.97. The lowest BCUT2D eigenvalue weighted by atomic mass is 10.2. The number of hydrogen-bond donors (Lipinski definition) is 0. The van der Waals surface area contributed by atoms with Gasteiger partial charge < -0.3 is 4.42 Å². The fraction of sp³-hybridized carbons (Fsp3) is 0.211. The summed E-state index contributed by atoms with van der Waals surface area (Å²) in [6.07, 6.45) is 0. The molecule has 0 bridgehead atoms. The van der Waals surface area contributed by atoms with E-state index in [1.807, 2.05) is 62.4 Å². The minimum atomic E-state index is -0.0133. The van der Waals surface area contributed by atoms with Gasteiger partial charge in [-0.15, -0.1) is 0 Å². The number of rotatable bonds is 4. The largest absolute Gasteiger partial charge is 0.440 e. The van der Waals surface area contributed by atoms with Gasteiger partial charge in [-0.2, -0.15) is 0 Å². The minimum absolute atomic E-state index is 0.0133. The van der Waals surface area contributed by atoms with Gasteiger partial charge in [-0.25, -0.2) is 9.97 Å². The lowest BCUT2D eigenvalue weighted by molar-refractivity contribution is 0.517. The van der Waals surface area contributed by atoms with E-state index in [1.165, 1.54) is 11.8 Å². The number of nitrogens with zero attached hydrogens (tertiary/aromatic N) is 3. The summed E-state index contributed by atoms with van der Waals surface area (Å²) >= 11 is 1.47. The summed E-state index contributed by atoms with van der Waals surface area (Å²) in [7, 11) is 0. The van der Waals surface area contributed by atoms with Crippen LogP contribution in [0.3, 0.4) is 0 Å². The van der Waals surface area contributed by atoms with Crippen molar-refractivity contribution in [1.29, 1.82) is 0 Å². The van der Waals surface area contributed by atoms with Crippen molar-refractivity contribution in [1.82, 2.24) is 14.5 Å². The molecular formula is C19H17N3O2S. The fourth-order valence-electron chi connectivity index (χ4n) is 2.79. The normalized spacial score (nSPS) is 11.6. The molecule has 4 rings (SSSR count). The van der Waals surface area contributed by atoms with Crippen molar-refractivity contribution in [2.75, 3.05) is 0 Å². The Morgan fingerprint density at radius 1 is 1.04 bits per heavy atom. The Hall–Kier alpha value is -2.60. The molecule has 0 aliphatic rings. The van der Waals surface area contributed by atoms with E-state index >= 15 is 0 Å². The molecule has 0 amide bonds. The summed E-state index contributed by atoms with van der Waals surface area (Å²) in [4.78, 5) is 22.0. The van der Waals surface area contributed by atoms with Crippen molar-refractivity contribution in [3.05, 3.63) is 64.8 Å². The first kappa shape index (κ1) is 15.9. The molecule has 0 aliphatic heterocycles. The van der Waals surface area contributed by atoms with Crippen LogP contribution in [0.15, 0.2) is 62.9 Å². The number of benzene rings is 2. The molecule has 2 heterocycles. The summed E-state index contributed by atoms with van der Waals surface area (Å²) in [5, 5.41) is 1.32. The van der Waals surface area contributed by atoms with Crippen LogP contribution < -0.4 is 5.56 Å². The van der Waals surface area contributed by atoms with Crippen molar-refractivity contribution in [2.45, 2.75) is 30.8 Å². The second-order valence-electron chi connectivity index (χ2n) is 6.04. The van der Waals surface area contributed by atoms with Crippen molar-refractivity contribution < 1.29 is 4.42 Å². The van der Waals surface area contributed by atoms with Crippen LogP contribution in [-0.4, -0.2) is 14.5 Å². The highest BCUT2D eigenvalue weighted by Crippen LogP contribution is 2.25. The summed E-state index contributed by atoms with van der Waals surface area (Å²) in [5.74, 6) is 1.15. The molecule has 0 radical (unpaired) electrons. The van der Waals surface area contributed by atoms with Crippen LogP contribution >= 0.6 is 11.8 Å². The predicted octanol–water partition coefficient (Wildman–Crippen LogP) is 4.41. The third-order valence-corrected chi connectivity index (χ3v) is 4.89. The van der Waals surface area contributed by atoms with E-state index in [1.54, 1.807) is 4.57 Å². The van der Waals surface area contributed by atoms with Gasteiger partial charge in [-0.3, -0.25) is 9.36 Å². The zero-order valence-electron chi connectivity index (χ0n) is 14.0. The van der Waals surface area contributed by atoms with Crippen LogP contribution in [0.1, 0.15) is 25.8 Å². The molecule has 4 aromatic rings. The third-order valence-electron chi connectivity index (χ3n) is 3.95. The Labute approximate surface area is 148 Å². The molecule has 5 nitrogen and oxygen atoms in total. The number of aromatic nitrogens is 3. The summed E-state index contributed by atoms with van der Waals surface area (Å²) in [5.41, 5.74) is 2.31. The van der Waals surface area contributed by atoms with E-state index in [2.05, 4.69) is 9.97 Å². The number of oxazole rings is 1. The molecule has 0 saturated carbocycles. The van der Waals surface area contributed by atoms with Crippen molar-refractivity contribution in [3.8, 4) is 0 Å². The molecule has 2 aromatic carbocycles. The van der Waals surface area contributed by atoms with Gasteiger partial charge >= 0.3 is 0 Å². The smallest absolute Gasteiger partial charge is 0.262 e. The Bertz CT molecular complexity index is 1080. The highest BCUT2D eigenvalue weighted by atomic mass is 32.2. The molecule has 25 heavy (non-hydrogen) atoms. The second kappa shape index (κ2) is 6.37. The highest BCUT2D eigenvalue weighted by molar-refractivity contribution is 7.98. The van der Waals surface area contributed by atoms with E-state index in [9.17, 15) is 4.79 Å². The maximum atomic E-state index is 12.8. The van der Waals surface area contributed by atoms with E-state index in [-0.39, 0.29) is 11.6 Å². The molecule has 0 atom stereocenters. The van der Waals surface area contributed by atoms with Gasteiger partial charge in [0.15, 0.2) is 10.7 Å². The lowest BCUT2D eigenvalue weighted by Crippen LogP contribution is -2.25. The monoisotopic (exact) mass is 351 g/mol. The first-order valence-corrected chi connectivity index (χ1v) is 9.10. The average Bonchev–Trinajstić information content (AvgIpc) is 3.02. The zero-order chi connectivity index (χ0) is 17.4. The lowest BCUT2D eigenvalue weighted by Gasteiger charge is -2.15. The number of para-hydroxylation sites is 3. The van der Waals surface area contributed by atoms with Crippen LogP contribution in [0.2, 0.25) is 0 Å². The highest BCUT2D eigenvalue weighted by Gasteiger charge is 2.15. The molecule has 0 saturated heterocycles. The van der Waals surface area contributed by atoms with E-state index in [0.717, 1.165) is 11.1 Å². The van der Waals surface area contributed by atoms with Crippen molar-refractivity contribution >= 4 is 33.8 Å². The third kappa shape index (κ3) is 2.93. The molecule has 126 valence electrons. The molecule has 2 aromatic heterocycles. The molecule has 0 aliphatic carbocycles. The van der Waals surface area contributed by atoms with Gasteiger partial charge in [0.2, 0.25) is 5.89 Å². The Balaban J connectivity index is 1.72. The van der Waals surface area contributed by atoms with Crippen LogP contribution in [0.4, 0.5) is 0 Å². The van der Waals surface area contributed by atoms with Gasteiger partial charge in [-0.1, -0.05) is 36.0 Å². The minimum Gasteiger partial charge on any atom is -0.440 e. The fourth-order valence-corrected chi connectivity index (χ4v) is 3.76. The second-order valence-corrected chi connectivity index (χ2v) is 6.99. The molecule has 0 fully saturated rings. The number of fused-ring (bicyclic) bond motifs is 2. The van der Waals surface area contributed by atoms with Gasteiger partial charge in [0.1, 0.15) is 5.52 Å². The SMILES string of the molecule is CC(C)n1c(SCc2nc3ccccc3o2)nc2ccccc2c1=O. The van der Waals surface area contributed by atoms with Gasteiger partial charge in [-0.05, 0) is 38.1 Å². The Morgan fingerprint density at radius 3 is 2.52 bits per heavy atom. The maximum Gasteiger partial charge on any atom is 0.262 e. The molecule has 0 spiro atoms. The van der Waals surface area contributed by atoms with Crippen LogP contribution in [0, 0.1) is 0 Å². The quantitative estimate of drug-likeness (QED) is 0.402. The summed E-state index contributed by atoms with van der Waals surface area (Å²) < 4.78 is 7.49. The van der Waals surface area contributed by atoms with Gasteiger partial charge in [0.05, 0.1) is 16.7 Å². The zero-order valence-corrected chi connectivity index (χ0v) is 14.8. The molecule has 6 heteroatoms. The van der Waals surface area contributed by atoms with Crippen LogP contribution in [0.5, 0.6) is 0 Å². The standard InChI is InChI=1S/C19H17N3O2S/c1-12(2)22-18(23)13-7-3-4-8-14(13)21-19(22)25-11-17-20-15-9-5-6-10-16(15)24-17/h3-10,12H,11H2,1-2H3. The summed E-state index contributed by atoms with van der Waals surface area (Å²) in [6, 6.07) is 15.1. The van der Waals surface area contributed by atoms with Crippen LogP contribution in [0.25, 0.3) is 22.0 Å². The van der Waals surface area contributed by atoms with E-state index in [0.29, 0.717) is 27.7 Å². The predicted molar refractivity (Wildman–Crippen MR) is 100.0 cm³/mol. The Morgan fingerprint density at radius 2 is 1.76 bits per heavy atom. The molecule has 0 N–H and O–H groups in total. The van der Waals surface area contributed by atoms with E-state index < -0.39 is 0 Å². The molecule has 0 unspecified atom stereocenters. The Kier molecular flexibility index (Phi) is 4.05. The van der Waals surface area contributed by atoms with E-state index in [4.69, 9.17) is 4.42 Å².